The molecule has 0 aromatic carbocycles. The molecule has 4 heteroatoms. The maximum absolute atomic E-state index is 4.84. The SMILES string of the molecule is CNc1nc(C(C)C)nc(N2CCCC(C)(C)C2)c1C. The molecule has 0 unspecified atom stereocenters. The van der Waals surface area contributed by atoms with E-state index in [4.69, 9.17) is 4.98 Å². The van der Waals surface area contributed by atoms with Gasteiger partial charge in [-0.05, 0) is 25.2 Å². The van der Waals surface area contributed by atoms with E-state index in [2.05, 4.69) is 49.8 Å². The molecule has 0 saturated carbocycles. The van der Waals surface area contributed by atoms with Gasteiger partial charge in [-0.2, -0.15) is 0 Å². The number of rotatable bonds is 3. The average Bonchev–Trinajstić information content (AvgIpc) is 2.37. The van der Waals surface area contributed by atoms with Crippen LogP contribution in [0.1, 0.15) is 57.8 Å². The van der Waals surface area contributed by atoms with Crippen LogP contribution in [0.2, 0.25) is 0 Å². The van der Waals surface area contributed by atoms with Gasteiger partial charge in [0, 0.05) is 31.6 Å². The Morgan fingerprint density at radius 2 is 1.95 bits per heavy atom. The fraction of sp³-hybridized carbons (Fsp3) is 0.750. The topological polar surface area (TPSA) is 41.1 Å². The standard InChI is InChI=1S/C16H28N4/c1-11(2)13-18-14(17-6)12(3)15(19-13)20-9-7-8-16(4,5)10-20/h11H,7-10H2,1-6H3,(H,17,18,19). The highest BCUT2D eigenvalue weighted by molar-refractivity contribution is 5.59. The van der Waals surface area contributed by atoms with Gasteiger partial charge in [0.25, 0.3) is 0 Å². The Bertz CT molecular complexity index is 480. The molecular weight excluding hydrogens is 248 g/mol. The first-order valence-electron chi connectivity index (χ1n) is 7.65. The Labute approximate surface area is 123 Å². The van der Waals surface area contributed by atoms with E-state index in [1.807, 2.05) is 7.05 Å². The Kier molecular flexibility index (Phi) is 4.21. The summed E-state index contributed by atoms with van der Waals surface area (Å²) in [6.45, 7) is 13.3. The van der Waals surface area contributed by atoms with Crippen LogP contribution in [-0.4, -0.2) is 30.1 Å². The molecule has 0 aliphatic carbocycles. The highest BCUT2D eigenvalue weighted by Gasteiger charge is 2.28. The minimum atomic E-state index is 0.347. The Hall–Kier alpha value is -1.32. The zero-order chi connectivity index (χ0) is 14.9. The van der Waals surface area contributed by atoms with E-state index in [0.29, 0.717) is 11.3 Å². The second-order valence-corrected chi connectivity index (χ2v) is 6.97. The van der Waals surface area contributed by atoms with Crippen molar-refractivity contribution in [2.24, 2.45) is 5.41 Å². The molecule has 0 radical (unpaired) electrons. The van der Waals surface area contributed by atoms with Crippen LogP contribution in [0.3, 0.4) is 0 Å². The number of anilines is 2. The number of nitrogens with one attached hydrogen (secondary N) is 1. The summed E-state index contributed by atoms with van der Waals surface area (Å²) in [5.41, 5.74) is 1.53. The van der Waals surface area contributed by atoms with E-state index in [1.165, 1.54) is 12.8 Å². The minimum absolute atomic E-state index is 0.347. The molecule has 0 spiro atoms. The molecule has 2 rings (SSSR count). The molecule has 4 nitrogen and oxygen atoms in total. The van der Waals surface area contributed by atoms with E-state index in [-0.39, 0.29) is 0 Å². The van der Waals surface area contributed by atoms with E-state index in [0.717, 1.165) is 36.1 Å². The zero-order valence-electron chi connectivity index (χ0n) is 13.7. The van der Waals surface area contributed by atoms with Crippen molar-refractivity contribution >= 4 is 11.6 Å². The summed E-state index contributed by atoms with van der Waals surface area (Å²) < 4.78 is 0. The van der Waals surface area contributed by atoms with Gasteiger partial charge >= 0.3 is 0 Å². The lowest BCUT2D eigenvalue weighted by molar-refractivity contribution is 0.291. The second-order valence-electron chi connectivity index (χ2n) is 6.97. The van der Waals surface area contributed by atoms with Crippen molar-refractivity contribution in [2.75, 3.05) is 30.4 Å². The molecule has 1 aliphatic heterocycles. The molecule has 0 amide bonds. The van der Waals surface area contributed by atoms with E-state index < -0.39 is 0 Å². The van der Waals surface area contributed by atoms with Crippen LogP contribution in [0.5, 0.6) is 0 Å². The van der Waals surface area contributed by atoms with Gasteiger partial charge in [0.15, 0.2) is 0 Å². The molecule has 20 heavy (non-hydrogen) atoms. The summed E-state index contributed by atoms with van der Waals surface area (Å²) in [5.74, 6) is 3.35. The summed E-state index contributed by atoms with van der Waals surface area (Å²) in [7, 11) is 1.93. The number of piperidine rings is 1. The van der Waals surface area contributed by atoms with Crippen molar-refractivity contribution < 1.29 is 0 Å². The molecule has 0 atom stereocenters. The van der Waals surface area contributed by atoms with Gasteiger partial charge in [0.2, 0.25) is 0 Å². The van der Waals surface area contributed by atoms with Gasteiger partial charge in [0.05, 0.1) is 0 Å². The summed E-state index contributed by atoms with van der Waals surface area (Å²) >= 11 is 0. The molecule has 1 N–H and O–H groups in total. The van der Waals surface area contributed by atoms with Gasteiger partial charge in [-0.1, -0.05) is 27.7 Å². The Morgan fingerprint density at radius 3 is 2.50 bits per heavy atom. The van der Waals surface area contributed by atoms with Crippen molar-refractivity contribution in [2.45, 2.75) is 53.4 Å². The van der Waals surface area contributed by atoms with Crippen LogP contribution in [0.4, 0.5) is 11.6 Å². The lowest BCUT2D eigenvalue weighted by atomic mass is 9.84. The summed E-state index contributed by atoms with van der Waals surface area (Å²) in [6, 6.07) is 0. The molecule has 1 saturated heterocycles. The van der Waals surface area contributed by atoms with Gasteiger partial charge in [-0.3, -0.25) is 0 Å². The van der Waals surface area contributed by atoms with Crippen molar-refractivity contribution in [1.29, 1.82) is 0 Å². The number of aromatic nitrogens is 2. The van der Waals surface area contributed by atoms with E-state index in [1.54, 1.807) is 0 Å². The maximum Gasteiger partial charge on any atom is 0.137 e. The number of hydrogen-bond donors (Lipinski definition) is 1. The molecule has 1 aliphatic rings. The fourth-order valence-electron chi connectivity index (χ4n) is 2.94. The number of hydrogen-bond acceptors (Lipinski definition) is 4. The average molecular weight is 276 g/mol. The van der Waals surface area contributed by atoms with Crippen LogP contribution < -0.4 is 10.2 Å². The largest absolute Gasteiger partial charge is 0.373 e. The summed E-state index contributed by atoms with van der Waals surface area (Å²) in [4.78, 5) is 11.9. The van der Waals surface area contributed by atoms with Gasteiger partial charge in [-0.25, -0.2) is 9.97 Å². The first-order chi connectivity index (χ1) is 9.34. The smallest absolute Gasteiger partial charge is 0.137 e. The van der Waals surface area contributed by atoms with Crippen LogP contribution >= 0.6 is 0 Å². The quantitative estimate of drug-likeness (QED) is 0.916. The highest BCUT2D eigenvalue weighted by Crippen LogP contribution is 2.34. The normalized spacial score (nSPS) is 18.4. The third-order valence-corrected chi connectivity index (χ3v) is 4.09. The fourth-order valence-corrected chi connectivity index (χ4v) is 2.94. The lowest BCUT2D eigenvalue weighted by Crippen LogP contribution is -2.41. The lowest BCUT2D eigenvalue weighted by Gasteiger charge is -2.39. The Balaban J connectivity index is 2.41. The molecular formula is C16H28N4. The first-order valence-corrected chi connectivity index (χ1v) is 7.65. The van der Waals surface area contributed by atoms with Crippen molar-refractivity contribution in [1.82, 2.24) is 9.97 Å². The van der Waals surface area contributed by atoms with Crippen LogP contribution in [-0.2, 0) is 0 Å². The third-order valence-electron chi connectivity index (χ3n) is 4.09. The van der Waals surface area contributed by atoms with Crippen molar-refractivity contribution in [3.8, 4) is 0 Å². The molecule has 1 aromatic heterocycles. The van der Waals surface area contributed by atoms with Gasteiger partial charge < -0.3 is 10.2 Å². The monoisotopic (exact) mass is 276 g/mol. The molecule has 1 fully saturated rings. The van der Waals surface area contributed by atoms with Crippen LogP contribution in [0, 0.1) is 12.3 Å². The Morgan fingerprint density at radius 1 is 1.25 bits per heavy atom. The second kappa shape index (κ2) is 5.58. The number of nitrogens with zero attached hydrogens (tertiary/aromatic N) is 3. The van der Waals surface area contributed by atoms with E-state index in [9.17, 15) is 0 Å². The summed E-state index contributed by atoms with van der Waals surface area (Å²) in [5, 5.41) is 3.21. The molecule has 112 valence electrons. The first kappa shape index (κ1) is 15.1. The molecule has 2 heterocycles. The zero-order valence-corrected chi connectivity index (χ0v) is 13.7. The van der Waals surface area contributed by atoms with Gasteiger partial charge in [-0.15, -0.1) is 0 Å². The maximum atomic E-state index is 4.84. The van der Waals surface area contributed by atoms with Gasteiger partial charge in [0.1, 0.15) is 17.5 Å². The minimum Gasteiger partial charge on any atom is -0.373 e. The predicted molar refractivity (Wildman–Crippen MR) is 85.6 cm³/mol. The van der Waals surface area contributed by atoms with Crippen molar-refractivity contribution in [3.63, 3.8) is 0 Å². The van der Waals surface area contributed by atoms with Crippen LogP contribution in [0.15, 0.2) is 0 Å². The predicted octanol–water partition coefficient (Wildman–Crippen LogP) is 3.58. The van der Waals surface area contributed by atoms with Crippen molar-refractivity contribution in [3.05, 3.63) is 11.4 Å². The van der Waals surface area contributed by atoms with E-state index >= 15 is 0 Å². The van der Waals surface area contributed by atoms with Crippen LogP contribution in [0.25, 0.3) is 0 Å². The molecule has 1 aromatic rings. The summed E-state index contributed by atoms with van der Waals surface area (Å²) in [6.07, 6.45) is 2.53. The highest BCUT2D eigenvalue weighted by atomic mass is 15.2. The third kappa shape index (κ3) is 3.05. The molecule has 0 bridgehead atoms.